The summed E-state index contributed by atoms with van der Waals surface area (Å²) in [4.78, 5) is 0. The number of rotatable bonds is 2. The Kier molecular flexibility index (Phi) is 3.51. The molecule has 0 aliphatic carbocycles. The molecule has 1 aromatic heterocycles. The second-order valence-corrected chi connectivity index (χ2v) is 5.71. The van der Waals surface area contributed by atoms with E-state index in [2.05, 4.69) is 49.0 Å². The monoisotopic (exact) mass is 269 g/mol. The highest BCUT2D eigenvalue weighted by molar-refractivity contribution is 5.56. The maximum atomic E-state index is 4.88. The van der Waals surface area contributed by atoms with Crippen molar-refractivity contribution in [1.82, 2.24) is 9.78 Å². The number of aryl methyl sites for hydroxylation is 3. The van der Waals surface area contributed by atoms with Gasteiger partial charge in [-0.2, -0.15) is 5.10 Å². The Morgan fingerprint density at radius 2 is 2.10 bits per heavy atom. The molecule has 1 aliphatic heterocycles. The Balaban J connectivity index is 2.18. The predicted molar refractivity (Wildman–Crippen MR) is 83.8 cm³/mol. The first-order chi connectivity index (χ1) is 9.70. The average molecular weight is 269 g/mol. The van der Waals surface area contributed by atoms with Crippen molar-refractivity contribution in [2.24, 2.45) is 0 Å². The third-order valence-corrected chi connectivity index (χ3v) is 4.14. The lowest BCUT2D eigenvalue weighted by atomic mass is 10.1. The van der Waals surface area contributed by atoms with Gasteiger partial charge in [0.15, 0.2) is 0 Å². The summed E-state index contributed by atoms with van der Waals surface area (Å²) in [7, 11) is 0. The molecule has 0 unspecified atom stereocenters. The van der Waals surface area contributed by atoms with Gasteiger partial charge in [-0.05, 0) is 56.7 Å². The molecule has 0 bridgehead atoms. The normalized spacial score (nSPS) is 14.6. The number of hydrogen-bond donors (Lipinski definition) is 1. The van der Waals surface area contributed by atoms with Crippen LogP contribution in [0.25, 0.3) is 5.69 Å². The van der Waals surface area contributed by atoms with Crippen molar-refractivity contribution in [3.63, 3.8) is 0 Å². The molecule has 2 aromatic rings. The number of aromatic nitrogens is 2. The first kappa shape index (κ1) is 13.2. The lowest BCUT2D eigenvalue weighted by Crippen LogP contribution is -2.08. The quantitative estimate of drug-likeness (QED) is 0.898. The number of hydrogen-bond acceptors (Lipinski definition) is 2. The van der Waals surface area contributed by atoms with Crippen LogP contribution in [-0.4, -0.2) is 16.3 Å². The molecule has 1 aromatic carbocycles. The van der Waals surface area contributed by atoms with Gasteiger partial charge in [-0.15, -0.1) is 0 Å². The van der Waals surface area contributed by atoms with Gasteiger partial charge in [0.2, 0.25) is 0 Å². The fraction of sp³-hybridized carbons (Fsp3) is 0.471. The maximum Gasteiger partial charge on any atom is 0.133 e. The van der Waals surface area contributed by atoms with E-state index in [0.717, 1.165) is 19.4 Å². The molecule has 0 spiro atoms. The first-order valence-electron chi connectivity index (χ1n) is 7.63. The van der Waals surface area contributed by atoms with Crippen LogP contribution in [0.1, 0.15) is 42.1 Å². The van der Waals surface area contributed by atoms with Crippen LogP contribution in [0, 0.1) is 13.8 Å². The molecule has 3 rings (SSSR count). The Morgan fingerprint density at radius 3 is 2.90 bits per heavy atom. The van der Waals surface area contributed by atoms with Gasteiger partial charge in [0.05, 0.1) is 11.4 Å². The number of benzene rings is 1. The molecule has 2 heterocycles. The predicted octanol–water partition coefficient (Wildman–Crippen LogP) is 3.80. The number of nitrogens with zero attached hydrogens (tertiary/aromatic N) is 2. The highest BCUT2D eigenvalue weighted by Crippen LogP contribution is 2.29. The van der Waals surface area contributed by atoms with Gasteiger partial charge in [0.25, 0.3) is 0 Å². The summed E-state index contributed by atoms with van der Waals surface area (Å²) in [5, 5.41) is 8.47. The molecule has 3 heteroatoms. The van der Waals surface area contributed by atoms with E-state index in [1.54, 1.807) is 0 Å². The molecule has 1 N–H and O–H groups in total. The summed E-state index contributed by atoms with van der Waals surface area (Å²) in [5.41, 5.74) is 6.42. The molecule has 0 fully saturated rings. The van der Waals surface area contributed by atoms with Crippen LogP contribution >= 0.6 is 0 Å². The van der Waals surface area contributed by atoms with Gasteiger partial charge in [-0.1, -0.05) is 19.1 Å². The van der Waals surface area contributed by atoms with Gasteiger partial charge >= 0.3 is 0 Å². The molecule has 20 heavy (non-hydrogen) atoms. The summed E-state index contributed by atoms with van der Waals surface area (Å²) < 4.78 is 2.13. The van der Waals surface area contributed by atoms with Crippen molar-refractivity contribution < 1.29 is 0 Å². The third kappa shape index (κ3) is 2.21. The molecule has 106 valence electrons. The molecule has 0 saturated heterocycles. The molecular formula is C17H23N3. The van der Waals surface area contributed by atoms with E-state index in [-0.39, 0.29) is 0 Å². The first-order valence-corrected chi connectivity index (χ1v) is 7.63. The molecule has 1 aliphatic rings. The Bertz CT molecular complexity index is 625. The van der Waals surface area contributed by atoms with Crippen molar-refractivity contribution in [2.75, 3.05) is 11.9 Å². The maximum absolute atomic E-state index is 4.88. The van der Waals surface area contributed by atoms with E-state index in [4.69, 9.17) is 5.10 Å². The van der Waals surface area contributed by atoms with Gasteiger partial charge in [0, 0.05) is 12.1 Å². The summed E-state index contributed by atoms with van der Waals surface area (Å²) in [5.74, 6) is 1.22. The zero-order chi connectivity index (χ0) is 14.1. The van der Waals surface area contributed by atoms with Gasteiger partial charge in [-0.3, -0.25) is 0 Å². The van der Waals surface area contributed by atoms with Gasteiger partial charge < -0.3 is 5.32 Å². The van der Waals surface area contributed by atoms with E-state index in [0.29, 0.717) is 0 Å². The van der Waals surface area contributed by atoms with Crippen LogP contribution < -0.4 is 5.32 Å². The summed E-state index contributed by atoms with van der Waals surface area (Å²) in [6.07, 6.45) is 4.65. The fourth-order valence-electron chi connectivity index (χ4n) is 2.98. The zero-order valence-electron chi connectivity index (χ0n) is 12.7. The minimum absolute atomic E-state index is 1.00. The van der Waals surface area contributed by atoms with Crippen molar-refractivity contribution in [2.45, 2.75) is 46.5 Å². The lowest BCUT2D eigenvalue weighted by molar-refractivity contribution is 0.764. The number of nitrogens with one attached hydrogen (secondary N) is 1. The highest BCUT2D eigenvalue weighted by atomic mass is 15.3. The third-order valence-electron chi connectivity index (χ3n) is 4.14. The van der Waals surface area contributed by atoms with Gasteiger partial charge in [0.1, 0.15) is 5.82 Å². The van der Waals surface area contributed by atoms with E-state index in [9.17, 15) is 0 Å². The summed E-state index contributed by atoms with van der Waals surface area (Å²) in [6, 6.07) is 6.57. The van der Waals surface area contributed by atoms with E-state index < -0.39 is 0 Å². The zero-order valence-corrected chi connectivity index (χ0v) is 12.7. The average Bonchev–Trinajstić information content (AvgIpc) is 2.62. The molecule has 3 nitrogen and oxygen atoms in total. The van der Waals surface area contributed by atoms with E-state index >= 15 is 0 Å². The standard InChI is InChI=1S/C17H23N3/c1-4-15-14-7-5-6-10-18-17(14)20(19-15)16-11-12(2)8-9-13(16)3/h8-9,11,18H,4-7,10H2,1-3H3. The summed E-state index contributed by atoms with van der Waals surface area (Å²) in [6.45, 7) is 7.54. The molecule has 0 saturated carbocycles. The van der Waals surface area contributed by atoms with Crippen molar-refractivity contribution >= 4 is 5.82 Å². The van der Waals surface area contributed by atoms with E-state index in [1.165, 1.54) is 46.7 Å². The second-order valence-electron chi connectivity index (χ2n) is 5.71. The van der Waals surface area contributed by atoms with Crippen molar-refractivity contribution in [3.05, 3.63) is 40.6 Å². The van der Waals surface area contributed by atoms with Crippen molar-refractivity contribution in [3.8, 4) is 5.69 Å². The SMILES string of the molecule is CCc1nn(-c2cc(C)ccc2C)c2c1CCCCN2. The molecule has 0 radical (unpaired) electrons. The van der Waals surface area contributed by atoms with Gasteiger partial charge in [-0.25, -0.2) is 4.68 Å². The largest absolute Gasteiger partial charge is 0.370 e. The Labute approximate surface area is 121 Å². The van der Waals surface area contributed by atoms with E-state index in [1.807, 2.05) is 0 Å². The van der Waals surface area contributed by atoms with Crippen LogP contribution in [0.5, 0.6) is 0 Å². The second kappa shape index (κ2) is 5.31. The topological polar surface area (TPSA) is 29.9 Å². The highest BCUT2D eigenvalue weighted by Gasteiger charge is 2.20. The minimum atomic E-state index is 1.00. The smallest absolute Gasteiger partial charge is 0.133 e. The molecular weight excluding hydrogens is 246 g/mol. The molecule has 0 amide bonds. The lowest BCUT2D eigenvalue weighted by Gasteiger charge is -2.12. The molecule has 0 atom stereocenters. The number of anilines is 1. The van der Waals surface area contributed by atoms with Crippen LogP contribution in [0.3, 0.4) is 0 Å². The van der Waals surface area contributed by atoms with Crippen LogP contribution in [0.2, 0.25) is 0 Å². The Morgan fingerprint density at radius 1 is 1.25 bits per heavy atom. The van der Waals surface area contributed by atoms with Crippen LogP contribution in [-0.2, 0) is 12.8 Å². The van der Waals surface area contributed by atoms with Crippen molar-refractivity contribution in [1.29, 1.82) is 0 Å². The Hall–Kier alpha value is -1.77. The van der Waals surface area contributed by atoms with Crippen LogP contribution in [0.15, 0.2) is 18.2 Å². The fourth-order valence-corrected chi connectivity index (χ4v) is 2.98. The summed E-state index contributed by atoms with van der Waals surface area (Å²) >= 11 is 0. The number of fused-ring (bicyclic) bond motifs is 1. The minimum Gasteiger partial charge on any atom is -0.370 e. The van der Waals surface area contributed by atoms with Crippen LogP contribution in [0.4, 0.5) is 5.82 Å².